The van der Waals surface area contributed by atoms with E-state index in [1.807, 2.05) is 68.4 Å². The fourth-order valence-electron chi connectivity index (χ4n) is 4.79. The zero-order valence-corrected chi connectivity index (χ0v) is 21.0. The molecule has 5 nitrogen and oxygen atoms in total. The van der Waals surface area contributed by atoms with E-state index in [0.717, 1.165) is 47.6 Å². The molecule has 0 radical (unpaired) electrons. The molecule has 190 valence electrons. The fourth-order valence-corrected chi connectivity index (χ4v) is 4.79. The summed E-state index contributed by atoms with van der Waals surface area (Å²) in [7, 11) is 0. The SMILES string of the molecule is CC.O=c1cc(-c2ccc3nc4n(c3n2)CCC4)ccn1CC1CCC(F)(F)CC1.c1ccccc1. The molecule has 0 saturated heterocycles. The van der Waals surface area contributed by atoms with Crippen molar-refractivity contribution < 1.29 is 8.78 Å². The highest BCUT2D eigenvalue weighted by atomic mass is 19.3. The maximum atomic E-state index is 13.3. The number of fused-ring (bicyclic) bond motifs is 3. The van der Waals surface area contributed by atoms with Gasteiger partial charge in [-0.2, -0.15) is 0 Å². The molecule has 0 N–H and O–H groups in total. The van der Waals surface area contributed by atoms with E-state index >= 15 is 0 Å². The van der Waals surface area contributed by atoms with Crippen LogP contribution in [0.2, 0.25) is 0 Å². The lowest BCUT2D eigenvalue weighted by Crippen LogP contribution is -2.29. The maximum absolute atomic E-state index is 13.3. The van der Waals surface area contributed by atoms with E-state index < -0.39 is 5.92 Å². The van der Waals surface area contributed by atoms with E-state index in [-0.39, 0.29) is 24.3 Å². The predicted molar refractivity (Wildman–Crippen MR) is 140 cm³/mol. The van der Waals surface area contributed by atoms with Crippen molar-refractivity contribution in [1.29, 1.82) is 0 Å². The molecule has 1 aliphatic carbocycles. The minimum absolute atomic E-state index is 0.0793. The third kappa shape index (κ3) is 6.07. The third-order valence-electron chi connectivity index (χ3n) is 6.70. The normalized spacial score (nSPS) is 16.4. The number of rotatable bonds is 3. The number of hydrogen-bond donors (Lipinski definition) is 0. The van der Waals surface area contributed by atoms with Crippen molar-refractivity contribution >= 4 is 11.2 Å². The van der Waals surface area contributed by atoms with Crippen LogP contribution in [0.3, 0.4) is 0 Å². The van der Waals surface area contributed by atoms with Gasteiger partial charge in [-0.1, -0.05) is 50.2 Å². The van der Waals surface area contributed by atoms with Crippen LogP contribution in [0.4, 0.5) is 8.78 Å². The van der Waals surface area contributed by atoms with Gasteiger partial charge in [-0.05, 0) is 43.4 Å². The Morgan fingerprint density at radius 2 is 1.64 bits per heavy atom. The molecule has 0 bridgehead atoms. The lowest BCUT2D eigenvalue weighted by atomic mass is 9.87. The van der Waals surface area contributed by atoms with Crippen molar-refractivity contribution in [3.8, 4) is 11.3 Å². The van der Waals surface area contributed by atoms with E-state index in [0.29, 0.717) is 19.4 Å². The summed E-state index contributed by atoms with van der Waals surface area (Å²) in [5.41, 5.74) is 3.17. The smallest absolute Gasteiger partial charge is 0.251 e. The molecule has 4 aromatic rings. The van der Waals surface area contributed by atoms with E-state index in [9.17, 15) is 13.6 Å². The van der Waals surface area contributed by atoms with Gasteiger partial charge in [0.25, 0.3) is 5.56 Å². The summed E-state index contributed by atoms with van der Waals surface area (Å²) in [4.78, 5) is 21.9. The summed E-state index contributed by atoms with van der Waals surface area (Å²) in [6.07, 6.45) is 4.60. The molecule has 3 aromatic heterocycles. The van der Waals surface area contributed by atoms with Gasteiger partial charge in [0, 0.05) is 50.2 Å². The highest BCUT2D eigenvalue weighted by Gasteiger charge is 2.34. The molecule has 7 heteroatoms. The number of aryl methyl sites for hydroxylation is 2. The van der Waals surface area contributed by atoms with Crippen LogP contribution in [-0.4, -0.2) is 25.0 Å². The topological polar surface area (TPSA) is 52.7 Å². The van der Waals surface area contributed by atoms with E-state index in [4.69, 9.17) is 4.98 Å². The quantitative estimate of drug-likeness (QED) is 0.318. The lowest BCUT2D eigenvalue weighted by molar-refractivity contribution is -0.0474. The molecule has 1 fully saturated rings. The van der Waals surface area contributed by atoms with Crippen LogP contribution in [0, 0.1) is 5.92 Å². The van der Waals surface area contributed by atoms with E-state index in [1.54, 1.807) is 16.8 Å². The average Bonchev–Trinajstić information content (AvgIpc) is 3.50. The van der Waals surface area contributed by atoms with Gasteiger partial charge in [0.1, 0.15) is 11.3 Å². The monoisotopic (exact) mass is 492 g/mol. The summed E-state index contributed by atoms with van der Waals surface area (Å²) in [6, 6.07) is 19.3. The molecule has 6 rings (SSSR count). The first-order chi connectivity index (χ1) is 17.5. The van der Waals surface area contributed by atoms with Crippen LogP contribution >= 0.6 is 0 Å². The summed E-state index contributed by atoms with van der Waals surface area (Å²) < 4.78 is 30.4. The number of benzene rings is 1. The number of aromatic nitrogens is 4. The van der Waals surface area contributed by atoms with Crippen LogP contribution in [0.25, 0.3) is 22.4 Å². The van der Waals surface area contributed by atoms with Crippen molar-refractivity contribution in [2.45, 2.75) is 71.4 Å². The van der Waals surface area contributed by atoms with Crippen molar-refractivity contribution in [1.82, 2.24) is 19.1 Å². The number of hydrogen-bond acceptors (Lipinski definition) is 3. The van der Waals surface area contributed by atoms with Crippen molar-refractivity contribution in [2.75, 3.05) is 0 Å². The predicted octanol–water partition coefficient (Wildman–Crippen LogP) is 6.74. The van der Waals surface area contributed by atoms with Crippen LogP contribution < -0.4 is 5.56 Å². The van der Waals surface area contributed by atoms with Crippen LogP contribution in [0.1, 0.15) is 51.8 Å². The molecule has 1 aromatic carbocycles. The Bertz CT molecular complexity index is 1290. The molecule has 1 aliphatic heterocycles. The first kappa shape index (κ1) is 25.7. The highest BCUT2D eigenvalue weighted by molar-refractivity contribution is 5.76. The summed E-state index contributed by atoms with van der Waals surface area (Å²) in [6.45, 7) is 5.43. The Hall–Kier alpha value is -3.35. The van der Waals surface area contributed by atoms with Crippen LogP contribution in [0.5, 0.6) is 0 Å². The number of imidazole rings is 1. The maximum Gasteiger partial charge on any atom is 0.251 e. The Kier molecular flexibility index (Phi) is 8.28. The van der Waals surface area contributed by atoms with Crippen molar-refractivity contribution in [3.63, 3.8) is 0 Å². The number of nitrogens with zero attached hydrogens (tertiary/aromatic N) is 4. The minimum Gasteiger partial charge on any atom is -0.315 e. The highest BCUT2D eigenvalue weighted by Crippen LogP contribution is 2.36. The van der Waals surface area contributed by atoms with E-state index in [1.165, 1.54) is 0 Å². The second kappa shape index (κ2) is 11.6. The number of alkyl halides is 2. The molecule has 1 saturated carbocycles. The molecule has 0 amide bonds. The van der Waals surface area contributed by atoms with Crippen LogP contribution in [0.15, 0.2) is 71.7 Å². The number of halogens is 2. The molecular weight excluding hydrogens is 458 g/mol. The molecule has 0 spiro atoms. The molecule has 0 atom stereocenters. The molecule has 2 aliphatic rings. The standard InChI is InChI=1S/C21H22F2N4O.C6H6.C2H6/c22-21(23)8-5-14(6-9-21)13-26-11-7-15(12-19(26)28)16-3-4-17-20(25-16)27-10-1-2-18(27)24-17;1-2-4-6-5-3-1;1-2/h3-4,7,11-12,14H,1-2,5-6,8-10,13H2;1-6H;1-2H3. The van der Waals surface area contributed by atoms with Gasteiger partial charge < -0.3 is 9.13 Å². The Morgan fingerprint density at radius 3 is 2.28 bits per heavy atom. The first-order valence-corrected chi connectivity index (χ1v) is 12.9. The first-order valence-electron chi connectivity index (χ1n) is 12.9. The third-order valence-corrected chi connectivity index (χ3v) is 6.70. The Labute approximate surface area is 210 Å². The Morgan fingerprint density at radius 1 is 0.972 bits per heavy atom. The summed E-state index contributed by atoms with van der Waals surface area (Å²) in [5.74, 6) is -1.33. The molecular formula is C29H34F2N4O. The summed E-state index contributed by atoms with van der Waals surface area (Å²) in [5, 5.41) is 0. The van der Waals surface area contributed by atoms with Crippen LogP contribution in [-0.2, 0) is 19.5 Å². The van der Waals surface area contributed by atoms with Gasteiger partial charge in [0.05, 0.1) is 5.69 Å². The lowest BCUT2D eigenvalue weighted by Gasteiger charge is -2.28. The largest absolute Gasteiger partial charge is 0.315 e. The van der Waals surface area contributed by atoms with Crippen molar-refractivity contribution in [3.05, 3.63) is 83.0 Å². The van der Waals surface area contributed by atoms with Gasteiger partial charge in [0.15, 0.2) is 5.65 Å². The number of pyridine rings is 2. The van der Waals surface area contributed by atoms with E-state index in [2.05, 4.69) is 9.55 Å². The van der Waals surface area contributed by atoms with Gasteiger partial charge in [-0.3, -0.25) is 4.79 Å². The Balaban J connectivity index is 0.000000330. The zero-order valence-electron chi connectivity index (χ0n) is 21.0. The zero-order chi connectivity index (χ0) is 25.5. The molecule has 4 heterocycles. The van der Waals surface area contributed by atoms with Gasteiger partial charge >= 0.3 is 0 Å². The summed E-state index contributed by atoms with van der Waals surface area (Å²) >= 11 is 0. The second-order valence-corrected chi connectivity index (χ2v) is 9.18. The molecule has 36 heavy (non-hydrogen) atoms. The second-order valence-electron chi connectivity index (χ2n) is 9.18. The van der Waals surface area contributed by atoms with Gasteiger partial charge in [0.2, 0.25) is 5.92 Å². The van der Waals surface area contributed by atoms with Gasteiger partial charge in [-0.25, -0.2) is 18.7 Å². The molecule has 0 unspecified atom stereocenters. The van der Waals surface area contributed by atoms with Crippen molar-refractivity contribution in [2.24, 2.45) is 5.92 Å². The minimum atomic E-state index is -2.54. The van der Waals surface area contributed by atoms with Gasteiger partial charge in [-0.15, -0.1) is 0 Å². The fraction of sp³-hybridized carbons (Fsp3) is 0.414. The average molecular weight is 493 g/mol.